The molecule has 2 nitrogen and oxygen atoms in total. The first-order valence-corrected chi connectivity index (χ1v) is 12.2. The zero-order chi connectivity index (χ0) is 29.4. The van der Waals surface area contributed by atoms with Crippen molar-refractivity contribution in [3.05, 3.63) is 77.1 Å². The molecule has 0 aliphatic heterocycles. The Morgan fingerprint density at radius 3 is 1.77 bits per heavy atom. The molecule has 0 N–H and O–H groups in total. The van der Waals surface area contributed by atoms with Crippen LogP contribution in [-0.4, -0.2) is 18.8 Å². The van der Waals surface area contributed by atoms with E-state index in [0.717, 1.165) is 25.0 Å². The molecule has 0 amide bonds. The van der Waals surface area contributed by atoms with E-state index in [1.54, 1.807) is 0 Å². The van der Waals surface area contributed by atoms with Crippen molar-refractivity contribution in [2.75, 3.05) is 6.61 Å². The normalized spacial score (nSPS) is 18.2. The molecule has 3 aromatic rings. The maximum atomic E-state index is 14.8. The third-order valence-corrected chi connectivity index (χ3v) is 6.63. The summed E-state index contributed by atoms with van der Waals surface area (Å²) in [6.45, 7) is 0.917. The second kappa shape index (κ2) is 11.3. The first-order chi connectivity index (χ1) is 18.6. The van der Waals surface area contributed by atoms with E-state index in [9.17, 15) is 43.9 Å². The van der Waals surface area contributed by atoms with Gasteiger partial charge >= 0.3 is 12.3 Å². The summed E-state index contributed by atoms with van der Waals surface area (Å²) in [5.74, 6) is -8.36. The molecule has 1 fully saturated rings. The summed E-state index contributed by atoms with van der Waals surface area (Å²) >= 11 is 0. The average Bonchev–Trinajstić information content (AvgIpc) is 2.82. The van der Waals surface area contributed by atoms with E-state index < -0.39 is 81.5 Å². The number of halogens is 10. The molecule has 0 bridgehead atoms. The molecule has 4 rings (SSSR count). The Morgan fingerprint density at radius 2 is 1.25 bits per heavy atom. The van der Waals surface area contributed by atoms with Crippen LogP contribution in [0.15, 0.2) is 42.5 Å². The monoisotopic (exact) mass is 580 g/mol. The van der Waals surface area contributed by atoms with Crippen molar-refractivity contribution in [1.29, 1.82) is 0 Å². The highest BCUT2D eigenvalue weighted by Crippen LogP contribution is 2.38. The fourth-order valence-corrected chi connectivity index (χ4v) is 4.60. The van der Waals surface area contributed by atoms with Gasteiger partial charge in [-0.05, 0) is 60.9 Å². The smallest absolute Gasteiger partial charge is 0.422 e. The Bertz CT molecular complexity index is 1330. The molecule has 40 heavy (non-hydrogen) atoms. The topological polar surface area (TPSA) is 18.5 Å². The van der Waals surface area contributed by atoms with Gasteiger partial charge < -0.3 is 9.47 Å². The van der Waals surface area contributed by atoms with Crippen LogP contribution in [0.1, 0.15) is 38.2 Å². The first-order valence-electron chi connectivity index (χ1n) is 12.2. The summed E-state index contributed by atoms with van der Waals surface area (Å²) < 4.78 is 149. The molecule has 0 unspecified atom stereocenters. The van der Waals surface area contributed by atoms with Crippen molar-refractivity contribution in [2.45, 2.75) is 51.0 Å². The molecule has 0 atom stereocenters. The first kappa shape index (κ1) is 29.7. The highest BCUT2D eigenvalue weighted by molar-refractivity contribution is 5.72. The van der Waals surface area contributed by atoms with Gasteiger partial charge in [0.25, 0.3) is 0 Å². The molecule has 0 saturated heterocycles. The van der Waals surface area contributed by atoms with E-state index in [0.29, 0.717) is 37.0 Å². The number of hydrogen-bond acceptors (Lipinski definition) is 2. The van der Waals surface area contributed by atoms with Crippen molar-refractivity contribution in [1.82, 2.24) is 0 Å². The van der Waals surface area contributed by atoms with Gasteiger partial charge in [-0.1, -0.05) is 19.1 Å². The molecule has 0 radical (unpaired) electrons. The molecule has 1 aliphatic rings. The van der Waals surface area contributed by atoms with Crippen molar-refractivity contribution >= 4 is 0 Å². The molecule has 0 aromatic heterocycles. The minimum Gasteiger partial charge on any atom is -0.431 e. The predicted molar refractivity (Wildman–Crippen MR) is 125 cm³/mol. The largest absolute Gasteiger partial charge is 0.431 e. The van der Waals surface area contributed by atoms with Gasteiger partial charge in [0.15, 0.2) is 6.61 Å². The van der Waals surface area contributed by atoms with Gasteiger partial charge in [0, 0.05) is 17.7 Å². The van der Waals surface area contributed by atoms with Crippen molar-refractivity contribution in [2.24, 2.45) is 5.92 Å². The van der Waals surface area contributed by atoms with Crippen LogP contribution < -0.4 is 4.74 Å². The van der Waals surface area contributed by atoms with Crippen LogP contribution in [-0.2, 0) is 10.9 Å². The van der Waals surface area contributed by atoms with Crippen LogP contribution in [0.4, 0.5) is 43.9 Å². The van der Waals surface area contributed by atoms with Gasteiger partial charge in [-0.2, -0.15) is 22.0 Å². The Kier molecular flexibility index (Phi) is 8.39. The van der Waals surface area contributed by atoms with Crippen LogP contribution in [0.3, 0.4) is 0 Å². The maximum absolute atomic E-state index is 14.8. The van der Waals surface area contributed by atoms with E-state index in [-0.39, 0.29) is 18.2 Å². The Hall–Kier alpha value is -3.28. The van der Waals surface area contributed by atoms with Crippen LogP contribution in [0.25, 0.3) is 22.3 Å². The van der Waals surface area contributed by atoms with Gasteiger partial charge in [0.05, 0.1) is 11.7 Å². The summed E-state index contributed by atoms with van der Waals surface area (Å²) in [6, 6.07) is 3.88. The van der Waals surface area contributed by atoms with Crippen molar-refractivity contribution in [3.63, 3.8) is 0 Å². The van der Waals surface area contributed by atoms with E-state index in [1.807, 2.05) is 6.92 Å². The number of hydrogen-bond donors (Lipinski definition) is 0. The summed E-state index contributed by atoms with van der Waals surface area (Å²) in [5.41, 5.74) is -4.54. The Balaban J connectivity index is 1.53. The summed E-state index contributed by atoms with van der Waals surface area (Å²) in [7, 11) is 0. The number of alkyl halides is 5. The second-order valence-electron chi connectivity index (χ2n) is 9.70. The highest BCUT2D eigenvalue weighted by atomic mass is 19.4. The summed E-state index contributed by atoms with van der Waals surface area (Å²) in [5, 5.41) is 0. The molecule has 1 aliphatic carbocycles. The lowest BCUT2D eigenvalue weighted by atomic mass is 9.89. The fourth-order valence-electron chi connectivity index (χ4n) is 4.60. The molecular formula is C28H22F10O2. The number of ether oxygens (including phenoxy) is 2. The zero-order valence-electron chi connectivity index (χ0n) is 20.8. The van der Waals surface area contributed by atoms with E-state index in [2.05, 4.69) is 4.74 Å². The van der Waals surface area contributed by atoms with Crippen LogP contribution in [0, 0.1) is 35.0 Å². The Labute approximate surface area is 222 Å². The Morgan fingerprint density at radius 1 is 0.700 bits per heavy atom. The van der Waals surface area contributed by atoms with Gasteiger partial charge in [-0.25, -0.2) is 22.0 Å². The lowest BCUT2D eigenvalue weighted by molar-refractivity contribution is -0.222. The van der Waals surface area contributed by atoms with E-state index >= 15 is 0 Å². The van der Waals surface area contributed by atoms with Gasteiger partial charge in [0.2, 0.25) is 0 Å². The van der Waals surface area contributed by atoms with Crippen LogP contribution in [0.5, 0.6) is 5.75 Å². The lowest BCUT2D eigenvalue weighted by Gasteiger charge is -2.28. The second-order valence-corrected chi connectivity index (χ2v) is 9.70. The average molecular weight is 580 g/mol. The summed E-state index contributed by atoms with van der Waals surface area (Å²) in [6.07, 6.45) is -6.74. The minimum absolute atomic E-state index is 0.274. The van der Waals surface area contributed by atoms with Gasteiger partial charge in [0.1, 0.15) is 40.4 Å². The van der Waals surface area contributed by atoms with Crippen molar-refractivity contribution in [3.8, 4) is 28.0 Å². The maximum Gasteiger partial charge on any atom is 0.422 e. The molecule has 3 aromatic carbocycles. The minimum atomic E-state index is -5.33. The summed E-state index contributed by atoms with van der Waals surface area (Å²) in [4.78, 5) is 0. The van der Waals surface area contributed by atoms with Gasteiger partial charge in [-0.3, -0.25) is 0 Å². The molecule has 12 heteroatoms. The molecule has 1 saturated carbocycles. The van der Waals surface area contributed by atoms with E-state index in [4.69, 9.17) is 4.74 Å². The standard InChI is InChI=1S/C28H22F10O2/c1-14-2-5-17(6-3-14)39-13-27(34,35)40-18-11-21(30)25(22(31)12-18)15-4-7-19(20(29)8-15)16-9-23(32)26(24(33)10-16)28(36,37)38/h4,7-12,14,17H,2-3,5-6,13H2,1H3. The van der Waals surface area contributed by atoms with Gasteiger partial charge in [-0.15, -0.1) is 0 Å². The fraction of sp³-hybridized carbons (Fsp3) is 0.357. The van der Waals surface area contributed by atoms with Crippen LogP contribution >= 0.6 is 0 Å². The quantitative estimate of drug-likeness (QED) is 0.260. The highest BCUT2D eigenvalue weighted by Gasteiger charge is 2.38. The number of benzene rings is 3. The predicted octanol–water partition coefficient (Wildman–Crippen LogP) is 9.30. The third-order valence-electron chi connectivity index (χ3n) is 6.63. The molecule has 216 valence electrons. The molecule has 0 heterocycles. The van der Waals surface area contributed by atoms with E-state index in [1.165, 1.54) is 0 Å². The molecule has 0 spiro atoms. The molecular weight excluding hydrogens is 558 g/mol. The zero-order valence-corrected chi connectivity index (χ0v) is 20.8. The SMILES string of the molecule is CC1CCC(OCC(F)(F)Oc2cc(F)c(-c3ccc(-c4cc(F)c(C(F)(F)F)c(F)c4)c(F)c3)c(F)c2)CC1. The number of rotatable bonds is 7. The van der Waals surface area contributed by atoms with Crippen LogP contribution in [0.2, 0.25) is 0 Å². The lowest BCUT2D eigenvalue weighted by Crippen LogP contribution is -2.34. The van der Waals surface area contributed by atoms with Crippen molar-refractivity contribution < 1.29 is 53.4 Å². The third kappa shape index (κ3) is 6.71.